The highest BCUT2D eigenvalue weighted by atomic mass is 79.9. The second-order valence-electron chi connectivity index (χ2n) is 6.45. The summed E-state index contributed by atoms with van der Waals surface area (Å²) in [6, 6.07) is 18.3. The van der Waals surface area contributed by atoms with Crippen LogP contribution < -0.4 is 4.74 Å². The zero-order chi connectivity index (χ0) is 18.5. The van der Waals surface area contributed by atoms with Gasteiger partial charge in [0.15, 0.2) is 0 Å². The predicted octanol–water partition coefficient (Wildman–Crippen LogP) is 7.17. The van der Waals surface area contributed by atoms with E-state index in [9.17, 15) is 0 Å². The minimum absolute atomic E-state index is 0.141. The number of rotatable bonds is 2. The summed E-state index contributed by atoms with van der Waals surface area (Å²) in [6.07, 6.45) is 0.575. The van der Waals surface area contributed by atoms with Gasteiger partial charge in [0, 0.05) is 27.0 Å². The van der Waals surface area contributed by atoms with Gasteiger partial charge in [0.25, 0.3) is 0 Å². The van der Waals surface area contributed by atoms with Crippen molar-refractivity contribution < 1.29 is 4.74 Å². The first-order valence-electron chi connectivity index (χ1n) is 8.41. The third-order valence-electron chi connectivity index (χ3n) is 4.76. The van der Waals surface area contributed by atoms with Crippen molar-refractivity contribution in [2.75, 3.05) is 0 Å². The van der Waals surface area contributed by atoms with Crippen LogP contribution in [0.5, 0.6) is 5.75 Å². The van der Waals surface area contributed by atoms with E-state index < -0.39 is 0 Å². The molecule has 0 spiro atoms. The van der Waals surface area contributed by atoms with E-state index in [1.54, 1.807) is 11.3 Å². The fraction of sp³-hybridized carbons (Fsp3) is 0.150. The largest absolute Gasteiger partial charge is 0.464 e. The van der Waals surface area contributed by atoms with E-state index in [1.807, 2.05) is 36.4 Å². The van der Waals surface area contributed by atoms with E-state index in [1.165, 1.54) is 4.88 Å². The molecular formula is C20H13Br2ClN2OS. The lowest BCUT2D eigenvalue weighted by molar-refractivity contribution is -0.0190. The number of halogens is 3. The Kier molecular flexibility index (Phi) is 4.55. The number of thiophene rings is 1. The molecule has 7 heteroatoms. The van der Waals surface area contributed by atoms with Crippen LogP contribution in [-0.2, 0) is 0 Å². The van der Waals surface area contributed by atoms with Gasteiger partial charge >= 0.3 is 0 Å². The molecule has 3 heterocycles. The summed E-state index contributed by atoms with van der Waals surface area (Å²) in [7, 11) is 0. The summed E-state index contributed by atoms with van der Waals surface area (Å²) in [4.78, 5) is 1.18. The molecule has 0 aliphatic carbocycles. The van der Waals surface area contributed by atoms with Crippen molar-refractivity contribution in [3.8, 4) is 5.75 Å². The highest BCUT2D eigenvalue weighted by Gasteiger charge is 2.41. The predicted molar refractivity (Wildman–Crippen MR) is 117 cm³/mol. The van der Waals surface area contributed by atoms with Crippen LogP contribution in [0.4, 0.5) is 0 Å². The van der Waals surface area contributed by atoms with Crippen LogP contribution in [0.15, 0.2) is 68.0 Å². The molecule has 0 N–H and O–H groups in total. The molecular weight excluding hydrogens is 512 g/mol. The highest BCUT2D eigenvalue weighted by molar-refractivity contribution is 9.11. The Hall–Kier alpha value is -1.34. The molecule has 3 aromatic rings. The zero-order valence-electron chi connectivity index (χ0n) is 13.9. The van der Waals surface area contributed by atoms with E-state index in [0.29, 0.717) is 5.02 Å². The normalized spacial score (nSPS) is 20.7. The molecule has 0 fully saturated rings. The molecule has 2 atom stereocenters. The summed E-state index contributed by atoms with van der Waals surface area (Å²) >= 11 is 14.9. The number of hydrazone groups is 1. The Labute approximate surface area is 182 Å². The van der Waals surface area contributed by atoms with Crippen LogP contribution >= 0.6 is 54.8 Å². The molecule has 0 radical (unpaired) electrons. The molecule has 0 amide bonds. The van der Waals surface area contributed by atoms with Gasteiger partial charge in [-0.2, -0.15) is 5.10 Å². The third kappa shape index (κ3) is 3.23. The molecule has 27 heavy (non-hydrogen) atoms. The fourth-order valence-electron chi connectivity index (χ4n) is 3.52. The maximum atomic E-state index is 6.37. The number of benzene rings is 2. The Balaban J connectivity index is 1.60. The lowest BCUT2D eigenvalue weighted by Crippen LogP contribution is -2.33. The molecule has 2 aliphatic rings. The number of ether oxygens (including phenoxy) is 1. The van der Waals surface area contributed by atoms with Gasteiger partial charge in [-0.3, -0.25) is 0 Å². The summed E-state index contributed by atoms with van der Waals surface area (Å²) in [5, 5.41) is 7.77. The Bertz CT molecular complexity index is 1050. The Morgan fingerprint density at radius 3 is 2.63 bits per heavy atom. The van der Waals surface area contributed by atoms with Gasteiger partial charge in [-0.15, -0.1) is 11.3 Å². The number of hydrogen-bond acceptors (Lipinski definition) is 4. The van der Waals surface area contributed by atoms with Gasteiger partial charge in [-0.05, 0) is 58.4 Å². The molecule has 0 saturated heterocycles. The van der Waals surface area contributed by atoms with Gasteiger partial charge in [-0.1, -0.05) is 39.7 Å². The van der Waals surface area contributed by atoms with Gasteiger partial charge in [0.1, 0.15) is 5.75 Å². The monoisotopic (exact) mass is 522 g/mol. The maximum Gasteiger partial charge on any atom is 0.213 e. The summed E-state index contributed by atoms with van der Waals surface area (Å²) in [6.45, 7) is 0. The van der Waals surface area contributed by atoms with E-state index >= 15 is 0 Å². The van der Waals surface area contributed by atoms with Crippen LogP contribution in [0.2, 0.25) is 5.02 Å². The lowest BCUT2D eigenvalue weighted by atomic mass is 9.98. The zero-order valence-corrected chi connectivity index (χ0v) is 18.6. The minimum atomic E-state index is -0.276. The standard InChI is InChI=1S/C20H13Br2ClN2OS/c21-12-3-6-17-14(9-12)16-10-15(18-7-8-19(22)27-18)24-25(16)20(26-17)11-1-4-13(23)5-2-11/h1-9,16,20H,10H2/t16-,20-/m0/s1. The molecule has 5 rings (SSSR count). The lowest BCUT2D eigenvalue weighted by Gasteiger charge is -2.38. The Morgan fingerprint density at radius 1 is 1.07 bits per heavy atom. The van der Waals surface area contributed by atoms with Crippen molar-refractivity contribution in [3.05, 3.63) is 83.9 Å². The third-order valence-corrected chi connectivity index (χ3v) is 7.18. The van der Waals surface area contributed by atoms with E-state index in [-0.39, 0.29) is 12.3 Å². The van der Waals surface area contributed by atoms with E-state index in [0.717, 1.165) is 37.3 Å². The summed E-state index contributed by atoms with van der Waals surface area (Å²) < 4.78 is 8.52. The average Bonchev–Trinajstić information content (AvgIpc) is 3.28. The highest BCUT2D eigenvalue weighted by Crippen LogP contribution is 2.48. The summed E-state index contributed by atoms with van der Waals surface area (Å²) in [5.74, 6) is 0.906. The van der Waals surface area contributed by atoms with Gasteiger partial charge in [-0.25, -0.2) is 5.01 Å². The molecule has 0 saturated carbocycles. The molecule has 0 bridgehead atoms. The maximum absolute atomic E-state index is 6.37. The second-order valence-corrected chi connectivity index (χ2v) is 10.3. The van der Waals surface area contributed by atoms with Crippen LogP contribution in [0.1, 0.15) is 34.7 Å². The first-order chi connectivity index (χ1) is 13.1. The van der Waals surface area contributed by atoms with Gasteiger partial charge in [0.2, 0.25) is 6.23 Å². The molecule has 2 aromatic carbocycles. The van der Waals surface area contributed by atoms with Crippen molar-refractivity contribution in [2.45, 2.75) is 18.7 Å². The first-order valence-corrected chi connectivity index (χ1v) is 11.2. The smallest absolute Gasteiger partial charge is 0.213 e. The van der Waals surface area contributed by atoms with Crippen molar-refractivity contribution in [2.24, 2.45) is 5.10 Å². The second kappa shape index (κ2) is 6.92. The van der Waals surface area contributed by atoms with Crippen LogP contribution in [0.3, 0.4) is 0 Å². The molecule has 2 aliphatic heterocycles. The van der Waals surface area contributed by atoms with Crippen molar-refractivity contribution in [3.63, 3.8) is 0 Å². The van der Waals surface area contributed by atoms with Crippen molar-refractivity contribution >= 4 is 60.5 Å². The first kappa shape index (κ1) is 17.7. The summed E-state index contributed by atoms with van der Waals surface area (Å²) in [5.41, 5.74) is 3.28. The average molecular weight is 525 g/mol. The number of nitrogens with zero attached hydrogens (tertiary/aromatic N) is 2. The quantitative estimate of drug-likeness (QED) is 0.355. The topological polar surface area (TPSA) is 24.8 Å². The number of hydrogen-bond donors (Lipinski definition) is 0. The van der Waals surface area contributed by atoms with Crippen LogP contribution in [0.25, 0.3) is 0 Å². The molecule has 3 nitrogen and oxygen atoms in total. The van der Waals surface area contributed by atoms with Crippen molar-refractivity contribution in [1.82, 2.24) is 5.01 Å². The van der Waals surface area contributed by atoms with Crippen molar-refractivity contribution in [1.29, 1.82) is 0 Å². The van der Waals surface area contributed by atoms with Gasteiger partial charge < -0.3 is 4.74 Å². The van der Waals surface area contributed by atoms with Crippen LogP contribution in [-0.4, -0.2) is 10.7 Å². The molecule has 1 aromatic heterocycles. The number of fused-ring (bicyclic) bond motifs is 3. The van der Waals surface area contributed by atoms with Gasteiger partial charge in [0.05, 0.1) is 20.4 Å². The Morgan fingerprint density at radius 2 is 1.89 bits per heavy atom. The van der Waals surface area contributed by atoms with E-state index in [4.69, 9.17) is 21.4 Å². The fourth-order valence-corrected chi connectivity index (χ4v) is 5.41. The molecule has 136 valence electrons. The SMILES string of the molecule is Clc1ccc([C@@H]2Oc3ccc(Br)cc3[C@@H]3CC(c4ccc(Br)s4)=NN32)cc1. The molecule has 0 unspecified atom stereocenters. The van der Waals surface area contributed by atoms with E-state index in [2.05, 4.69) is 55.1 Å². The minimum Gasteiger partial charge on any atom is -0.464 e. The van der Waals surface area contributed by atoms with Crippen LogP contribution in [0, 0.1) is 0 Å².